The Morgan fingerprint density at radius 2 is 2.21 bits per heavy atom. The molecule has 1 heterocycles. The molecule has 0 spiro atoms. The van der Waals surface area contributed by atoms with Gasteiger partial charge in [-0.3, -0.25) is 0 Å². The van der Waals surface area contributed by atoms with E-state index in [1.807, 2.05) is 14.0 Å². The summed E-state index contributed by atoms with van der Waals surface area (Å²) in [6.07, 6.45) is 3.11. The number of aromatic nitrogens is 1. The highest BCUT2D eigenvalue weighted by Crippen LogP contribution is 2.05. The molecule has 1 rings (SSSR count). The summed E-state index contributed by atoms with van der Waals surface area (Å²) in [4.78, 5) is 4.00. The van der Waals surface area contributed by atoms with E-state index in [4.69, 9.17) is 4.42 Å². The molecule has 7 nitrogen and oxygen atoms in total. The molecule has 19 heavy (non-hydrogen) atoms. The van der Waals surface area contributed by atoms with Crippen molar-refractivity contribution in [3.8, 4) is 0 Å². The fraction of sp³-hybridized carbons (Fsp3) is 0.727. The van der Waals surface area contributed by atoms with Crippen molar-refractivity contribution in [1.82, 2.24) is 19.3 Å². The number of nitrogens with zero attached hydrogens (tertiary/aromatic N) is 2. The Morgan fingerprint density at radius 1 is 1.47 bits per heavy atom. The maximum absolute atomic E-state index is 11.9. The van der Waals surface area contributed by atoms with Crippen LogP contribution in [0.15, 0.2) is 10.6 Å². The van der Waals surface area contributed by atoms with E-state index < -0.39 is 10.2 Å². The standard InChI is InChI=1S/C11H22N4O3S/c1-4-10-8-13-11(18-10)9-14-19(16,17)15(3)7-5-6-12-2/h8,12,14H,4-7,9H2,1-3H3. The van der Waals surface area contributed by atoms with Crippen LogP contribution < -0.4 is 10.0 Å². The second kappa shape index (κ2) is 7.59. The van der Waals surface area contributed by atoms with Crippen molar-refractivity contribution in [1.29, 1.82) is 0 Å². The number of hydrogen-bond donors (Lipinski definition) is 2. The monoisotopic (exact) mass is 290 g/mol. The molecule has 0 bridgehead atoms. The van der Waals surface area contributed by atoms with Gasteiger partial charge in [-0.15, -0.1) is 0 Å². The molecular weight excluding hydrogens is 268 g/mol. The van der Waals surface area contributed by atoms with Crippen LogP contribution in [0.3, 0.4) is 0 Å². The van der Waals surface area contributed by atoms with Crippen molar-refractivity contribution in [2.24, 2.45) is 0 Å². The van der Waals surface area contributed by atoms with Gasteiger partial charge in [-0.25, -0.2) is 4.98 Å². The molecule has 0 saturated carbocycles. The van der Waals surface area contributed by atoms with Crippen molar-refractivity contribution < 1.29 is 12.8 Å². The lowest BCUT2D eigenvalue weighted by molar-refractivity contribution is 0.428. The highest BCUT2D eigenvalue weighted by molar-refractivity contribution is 7.87. The predicted molar refractivity (Wildman–Crippen MR) is 72.8 cm³/mol. The lowest BCUT2D eigenvalue weighted by atomic mass is 10.4. The number of hydrogen-bond acceptors (Lipinski definition) is 5. The Labute approximate surface area is 114 Å². The first-order valence-corrected chi connectivity index (χ1v) is 7.72. The van der Waals surface area contributed by atoms with Gasteiger partial charge in [-0.1, -0.05) is 6.92 Å². The van der Waals surface area contributed by atoms with Crippen molar-refractivity contribution in [2.45, 2.75) is 26.3 Å². The van der Waals surface area contributed by atoms with Crippen LogP contribution in [0.4, 0.5) is 0 Å². The first-order chi connectivity index (χ1) is 8.99. The van der Waals surface area contributed by atoms with E-state index in [2.05, 4.69) is 15.0 Å². The van der Waals surface area contributed by atoms with Gasteiger partial charge >= 0.3 is 0 Å². The molecule has 0 saturated heterocycles. The summed E-state index contributed by atoms with van der Waals surface area (Å²) in [5.74, 6) is 1.13. The third-order valence-corrected chi connectivity index (χ3v) is 4.18. The first-order valence-electron chi connectivity index (χ1n) is 6.28. The molecule has 8 heteroatoms. The van der Waals surface area contributed by atoms with Gasteiger partial charge in [-0.05, 0) is 20.0 Å². The third-order valence-electron chi connectivity index (χ3n) is 2.67. The maximum atomic E-state index is 11.9. The summed E-state index contributed by atoms with van der Waals surface area (Å²) in [7, 11) is -0.100. The van der Waals surface area contributed by atoms with Crippen LogP contribution in [0, 0.1) is 0 Å². The summed E-state index contributed by atoms with van der Waals surface area (Å²) in [6, 6.07) is 0. The van der Waals surface area contributed by atoms with Crippen LogP contribution in [0.5, 0.6) is 0 Å². The minimum atomic E-state index is -3.48. The zero-order valence-corrected chi connectivity index (χ0v) is 12.5. The van der Waals surface area contributed by atoms with Gasteiger partial charge in [0.2, 0.25) is 5.89 Å². The molecule has 110 valence electrons. The fourth-order valence-corrected chi connectivity index (χ4v) is 2.35. The lowest BCUT2D eigenvalue weighted by Gasteiger charge is -2.16. The highest BCUT2D eigenvalue weighted by atomic mass is 32.2. The minimum Gasteiger partial charge on any atom is -0.444 e. The fourth-order valence-electron chi connectivity index (χ4n) is 1.46. The molecule has 0 aliphatic rings. The number of oxazole rings is 1. The largest absolute Gasteiger partial charge is 0.444 e. The molecule has 0 aromatic carbocycles. The SMILES string of the molecule is CCc1cnc(CNS(=O)(=O)N(C)CCCNC)o1. The van der Waals surface area contributed by atoms with Crippen LogP contribution in [0.2, 0.25) is 0 Å². The van der Waals surface area contributed by atoms with Crippen LogP contribution in [0.1, 0.15) is 25.0 Å². The second-order valence-corrected chi connectivity index (χ2v) is 6.04. The van der Waals surface area contributed by atoms with Gasteiger partial charge in [-0.2, -0.15) is 17.4 Å². The molecule has 0 radical (unpaired) electrons. The number of aryl methyl sites for hydroxylation is 1. The van der Waals surface area contributed by atoms with E-state index in [0.29, 0.717) is 12.4 Å². The van der Waals surface area contributed by atoms with Crippen molar-refractivity contribution in [2.75, 3.05) is 27.2 Å². The smallest absolute Gasteiger partial charge is 0.279 e. The van der Waals surface area contributed by atoms with Gasteiger partial charge < -0.3 is 9.73 Å². The van der Waals surface area contributed by atoms with Gasteiger partial charge in [0.25, 0.3) is 10.2 Å². The normalized spacial score (nSPS) is 12.2. The van der Waals surface area contributed by atoms with Crippen molar-refractivity contribution >= 4 is 10.2 Å². The lowest BCUT2D eigenvalue weighted by Crippen LogP contribution is -2.39. The van der Waals surface area contributed by atoms with Gasteiger partial charge in [0.05, 0.1) is 12.7 Å². The Morgan fingerprint density at radius 3 is 2.79 bits per heavy atom. The average Bonchev–Trinajstić information content (AvgIpc) is 2.84. The molecule has 2 N–H and O–H groups in total. The van der Waals surface area contributed by atoms with Gasteiger partial charge in [0, 0.05) is 20.0 Å². The zero-order chi connectivity index (χ0) is 14.3. The van der Waals surface area contributed by atoms with E-state index in [0.717, 1.165) is 25.1 Å². The summed E-state index contributed by atoms with van der Waals surface area (Å²) < 4.78 is 32.9. The van der Waals surface area contributed by atoms with Crippen LogP contribution in [-0.2, 0) is 23.2 Å². The number of nitrogens with one attached hydrogen (secondary N) is 2. The Kier molecular flexibility index (Phi) is 6.43. The zero-order valence-electron chi connectivity index (χ0n) is 11.6. The van der Waals surface area contributed by atoms with E-state index in [-0.39, 0.29) is 6.54 Å². The summed E-state index contributed by atoms with van der Waals surface area (Å²) in [6.45, 7) is 3.25. The molecule has 0 amide bonds. The summed E-state index contributed by atoms with van der Waals surface area (Å²) in [5.41, 5.74) is 0. The van der Waals surface area contributed by atoms with Gasteiger partial charge in [0.15, 0.2) is 0 Å². The Bertz CT molecular complexity index is 472. The minimum absolute atomic E-state index is 0.0682. The van der Waals surface area contributed by atoms with Crippen LogP contribution in [-0.4, -0.2) is 44.9 Å². The highest BCUT2D eigenvalue weighted by Gasteiger charge is 2.17. The predicted octanol–water partition coefficient (Wildman–Crippen LogP) is 0.113. The Balaban J connectivity index is 2.45. The van der Waals surface area contributed by atoms with E-state index in [9.17, 15) is 8.42 Å². The van der Waals surface area contributed by atoms with Crippen molar-refractivity contribution in [3.63, 3.8) is 0 Å². The second-order valence-electron chi connectivity index (χ2n) is 4.18. The summed E-state index contributed by atoms with van der Waals surface area (Å²) >= 11 is 0. The van der Waals surface area contributed by atoms with E-state index >= 15 is 0 Å². The third kappa shape index (κ3) is 5.27. The first kappa shape index (κ1) is 16.1. The maximum Gasteiger partial charge on any atom is 0.279 e. The van der Waals surface area contributed by atoms with Gasteiger partial charge in [0.1, 0.15) is 5.76 Å². The molecule has 0 atom stereocenters. The topological polar surface area (TPSA) is 87.5 Å². The number of rotatable bonds is 9. The van der Waals surface area contributed by atoms with Crippen LogP contribution in [0.25, 0.3) is 0 Å². The molecule has 0 fully saturated rings. The molecular formula is C11H22N4O3S. The molecule has 1 aromatic heterocycles. The van der Waals surface area contributed by atoms with Crippen LogP contribution >= 0.6 is 0 Å². The average molecular weight is 290 g/mol. The molecule has 0 aliphatic carbocycles. The Hall–Kier alpha value is -0.960. The van der Waals surface area contributed by atoms with Crippen molar-refractivity contribution in [3.05, 3.63) is 17.8 Å². The van der Waals surface area contributed by atoms with E-state index in [1.54, 1.807) is 13.2 Å². The molecule has 0 unspecified atom stereocenters. The summed E-state index contributed by atoms with van der Waals surface area (Å²) in [5, 5.41) is 2.97. The quantitative estimate of drug-likeness (QED) is 0.630. The molecule has 1 aromatic rings. The van der Waals surface area contributed by atoms with E-state index in [1.165, 1.54) is 4.31 Å². The molecule has 0 aliphatic heterocycles.